The fourth-order valence-corrected chi connectivity index (χ4v) is 15.1. The van der Waals surface area contributed by atoms with Crippen molar-refractivity contribution in [2.24, 2.45) is 0 Å². The molecule has 2 aliphatic carbocycles. The number of nitrogens with zero attached hydrogens (tertiary/aromatic N) is 2. The highest BCUT2D eigenvalue weighted by molar-refractivity contribution is 6.02. The molecule has 2 unspecified atom stereocenters. The number of hydrogen-bond donors (Lipinski definition) is 0. The van der Waals surface area contributed by atoms with E-state index in [1.54, 1.807) is 36.4 Å². The summed E-state index contributed by atoms with van der Waals surface area (Å²) in [6.45, 7) is 12.1. The van der Waals surface area contributed by atoms with E-state index in [2.05, 4.69) is 218 Å². The highest BCUT2D eigenvalue weighted by Gasteiger charge is 2.48. The molecule has 0 saturated carbocycles. The van der Waals surface area contributed by atoms with Gasteiger partial charge >= 0.3 is 12.4 Å². The Bertz CT molecular complexity index is 5220. The standard InChI is InChI=1S/C88H62F6N2/c1-5-16-74-57(4)85(64-35-27-58(6-2)28-36-64,65-39-43-68(44-40-65)87(89,90)91)81-55-72(51-53-78(74)81)95(83-25-14-19-62-17-8-10-21-75(62)83)70-47-31-60(32-48-70)61-33-49-71(50-34-61)96(84-26-15-20-63-18-9-11-22-76(63)84)73-52-54-79-77-23-12-13-24-80(77)86(82(79)56-73,66-37-29-59(7-3)30-38-66)67-41-45-69(46-42-67)88(92,93)94/h5-56H,2-3H2,1,4H3/b16-5-. The summed E-state index contributed by atoms with van der Waals surface area (Å²) in [5.74, 6) is 0. The van der Waals surface area contributed by atoms with Gasteiger partial charge in [0.1, 0.15) is 0 Å². The maximum absolute atomic E-state index is 14.4. The number of allylic oxidation sites excluding steroid dienone is 4. The van der Waals surface area contributed by atoms with E-state index in [0.29, 0.717) is 11.1 Å². The molecular weight excluding hydrogens is 1200 g/mol. The van der Waals surface area contributed by atoms with E-state index in [-0.39, 0.29) is 0 Å². The number of benzene rings is 13. The second kappa shape index (κ2) is 23.8. The molecule has 466 valence electrons. The van der Waals surface area contributed by atoms with Crippen LogP contribution in [0.25, 0.3) is 61.5 Å². The van der Waals surface area contributed by atoms with E-state index in [4.69, 9.17) is 0 Å². The molecule has 0 saturated heterocycles. The Hall–Kier alpha value is -11.5. The number of hydrogen-bond acceptors (Lipinski definition) is 2. The molecule has 96 heavy (non-hydrogen) atoms. The van der Waals surface area contributed by atoms with Gasteiger partial charge in [0, 0.05) is 33.5 Å². The Kier molecular flexibility index (Phi) is 15.1. The van der Waals surface area contributed by atoms with Crippen molar-refractivity contribution >= 4 is 73.4 Å². The van der Waals surface area contributed by atoms with Gasteiger partial charge < -0.3 is 9.80 Å². The predicted molar refractivity (Wildman–Crippen MR) is 384 cm³/mol. The molecule has 0 aromatic heterocycles. The fraction of sp³-hybridized carbons (Fsp3) is 0.0682. The van der Waals surface area contributed by atoms with E-state index < -0.39 is 34.3 Å². The second-order valence-electron chi connectivity index (χ2n) is 24.6. The third-order valence-corrected chi connectivity index (χ3v) is 19.6. The first-order chi connectivity index (χ1) is 46.6. The van der Waals surface area contributed by atoms with Gasteiger partial charge in [-0.2, -0.15) is 26.3 Å². The Morgan fingerprint density at radius 2 is 0.729 bits per heavy atom. The van der Waals surface area contributed by atoms with Gasteiger partial charge in [0.25, 0.3) is 0 Å². The lowest BCUT2D eigenvalue weighted by atomic mass is 9.67. The summed E-state index contributed by atoms with van der Waals surface area (Å²) in [5.41, 5.74) is 16.8. The number of fused-ring (bicyclic) bond motifs is 6. The van der Waals surface area contributed by atoms with Crippen LogP contribution in [0.4, 0.5) is 60.5 Å². The van der Waals surface area contributed by atoms with Gasteiger partial charge in [0.05, 0.1) is 33.3 Å². The summed E-state index contributed by atoms with van der Waals surface area (Å²) in [7, 11) is 0. The minimum Gasteiger partial charge on any atom is -0.310 e. The summed E-state index contributed by atoms with van der Waals surface area (Å²) in [4.78, 5) is 4.55. The van der Waals surface area contributed by atoms with Crippen LogP contribution >= 0.6 is 0 Å². The first kappa shape index (κ1) is 60.7. The molecule has 0 spiro atoms. The van der Waals surface area contributed by atoms with Crippen molar-refractivity contribution in [2.45, 2.75) is 37.0 Å². The molecule has 0 heterocycles. The van der Waals surface area contributed by atoms with Gasteiger partial charge in [0.15, 0.2) is 0 Å². The molecule has 2 atom stereocenters. The average molecular weight is 1260 g/mol. The van der Waals surface area contributed by atoms with Crippen molar-refractivity contribution < 1.29 is 26.3 Å². The van der Waals surface area contributed by atoms with Gasteiger partial charge in [-0.05, 0) is 199 Å². The third-order valence-electron chi connectivity index (χ3n) is 19.6. The van der Waals surface area contributed by atoms with Crippen LogP contribution in [0.3, 0.4) is 0 Å². The van der Waals surface area contributed by atoms with Crippen LogP contribution in [-0.4, -0.2) is 0 Å². The van der Waals surface area contributed by atoms with Crippen LogP contribution in [0.15, 0.2) is 322 Å². The largest absolute Gasteiger partial charge is 0.416 e. The van der Waals surface area contributed by atoms with Gasteiger partial charge in [-0.3, -0.25) is 0 Å². The predicted octanol–water partition coefficient (Wildman–Crippen LogP) is 25.0. The van der Waals surface area contributed by atoms with Crippen molar-refractivity contribution in [3.05, 3.63) is 389 Å². The molecule has 13 aromatic rings. The van der Waals surface area contributed by atoms with E-state index in [1.807, 2.05) is 73.7 Å². The van der Waals surface area contributed by atoms with Crippen molar-refractivity contribution in [3.63, 3.8) is 0 Å². The van der Waals surface area contributed by atoms with Crippen LogP contribution in [0.5, 0.6) is 0 Å². The molecule has 0 N–H and O–H groups in total. The number of anilines is 6. The normalized spacial score (nSPS) is 15.8. The molecule has 0 aliphatic heterocycles. The van der Waals surface area contributed by atoms with Crippen LogP contribution in [0.2, 0.25) is 0 Å². The van der Waals surface area contributed by atoms with E-state index in [9.17, 15) is 26.3 Å². The number of halogens is 6. The maximum atomic E-state index is 14.4. The van der Waals surface area contributed by atoms with Gasteiger partial charge in [0.2, 0.25) is 0 Å². The van der Waals surface area contributed by atoms with E-state index in [0.717, 1.165) is 134 Å². The zero-order chi connectivity index (χ0) is 66.1. The van der Waals surface area contributed by atoms with Gasteiger partial charge in [-0.1, -0.05) is 244 Å². The monoisotopic (exact) mass is 1260 g/mol. The van der Waals surface area contributed by atoms with Gasteiger partial charge in [-0.25, -0.2) is 0 Å². The first-order valence-corrected chi connectivity index (χ1v) is 31.9. The summed E-state index contributed by atoms with van der Waals surface area (Å²) in [5, 5.41) is 4.20. The number of rotatable bonds is 14. The highest BCUT2D eigenvalue weighted by Crippen LogP contribution is 2.59. The summed E-state index contributed by atoms with van der Waals surface area (Å²) >= 11 is 0. The molecule has 13 aromatic carbocycles. The molecule has 0 fully saturated rings. The van der Waals surface area contributed by atoms with Crippen LogP contribution < -0.4 is 9.80 Å². The van der Waals surface area contributed by atoms with Crippen LogP contribution in [0, 0.1) is 0 Å². The van der Waals surface area contributed by atoms with E-state index in [1.165, 1.54) is 24.3 Å². The molecular formula is C88H62F6N2. The van der Waals surface area contributed by atoms with Crippen molar-refractivity contribution in [1.82, 2.24) is 0 Å². The SMILES string of the molecule is C=Cc1ccc(C2(c3ccc(C(F)(F)F)cc3)C(C)=C(/C=C\C)c3ccc(N(c4ccc(-c5ccc(N(c6ccc7c(c6)C(c6ccc(C=C)cc6)(c6ccc(C(F)(F)F)cc6)c6ccccc6-7)c6cccc7ccccc67)cc5)cc4)c4cccc5ccccc45)cc32)cc1. The number of alkyl halides is 6. The average Bonchev–Trinajstić information content (AvgIpc) is 1.53. The Morgan fingerprint density at radius 3 is 1.18 bits per heavy atom. The minimum absolute atomic E-state index is 0.709. The Labute approximate surface area is 554 Å². The summed E-state index contributed by atoms with van der Waals surface area (Å²) in [6.07, 6.45) is -1.35. The summed E-state index contributed by atoms with van der Waals surface area (Å²) in [6, 6.07) is 95.2. The zero-order valence-electron chi connectivity index (χ0n) is 52.6. The molecule has 0 radical (unpaired) electrons. The van der Waals surface area contributed by atoms with Gasteiger partial charge in [-0.15, -0.1) is 0 Å². The zero-order valence-corrected chi connectivity index (χ0v) is 52.6. The lowest BCUT2D eigenvalue weighted by Crippen LogP contribution is -2.29. The molecule has 8 heteroatoms. The summed E-state index contributed by atoms with van der Waals surface area (Å²) < 4.78 is 86.1. The highest BCUT2D eigenvalue weighted by atomic mass is 19.4. The minimum atomic E-state index is -4.52. The second-order valence-corrected chi connectivity index (χ2v) is 24.6. The fourth-order valence-electron chi connectivity index (χ4n) is 15.1. The van der Waals surface area contributed by atoms with Crippen molar-refractivity contribution in [1.29, 1.82) is 0 Å². The van der Waals surface area contributed by atoms with Crippen molar-refractivity contribution in [3.8, 4) is 22.3 Å². The Morgan fingerprint density at radius 1 is 0.354 bits per heavy atom. The first-order valence-electron chi connectivity index (χ1n) is 31.9. The van der Waals surface area contributed by atoms with Crippen molar-refractivity contribution in [2.75, 3.05) is 9.80 Å². The van der Waals surface area contributed by atoms with E-state index >= 15 is 0 Å². The lowest BCUT2D eigenvalue weighted by Gasteiger charge is -2.36. The lowest BCUT2D eigenvalue weighted by molar-refractivity contribution is -0.138. The molecule has 2 aliphatic rings. The topological polar surface area (TPSA) is 6.48 Å². The maximum Gasteiger partial charge on any atom is 0.416 e. The quantitative estimate of drug-likeness (QED) is 0.100. The van der Waals surface area contributed by atoms with Crippen LogP contribution in [0.1, 0.15) is 80.6 Å². The molecule has 15 rings (SSSR count). The third kappa shape index (κ3) is 9.97. The molecule has 0 amide bonds. The molecule has 0 bridgehead atoms. The van der Waals surface area contributed by atoms with Crippen LogP contribution in [-0.2, 0) is 23.2 Å². The Balaban J connectivity index is 0.860. The molecule has 2 nitrogen and oxygen atoms in total. The smallest absolute Gasteiger partial charge is 0.310 e.